The molecule has 1 unspecified atom stereocenters. The zero-order valence-corrected chi connectivity index (χ0v) is 15.1. The lowest BCUT2D eigenvalue weighted by atomic mass is 9.82. The van der Waals surface area contributed by atoms with Crippen LogP contribution in [0.25, 0.3) is 0 Å². The zero-order valence-electron chi connectivity index (χ0n) is 14.3. The Morgan fingerprint density at radius 3 is 2.77 bits per heavy atom. The van der Waals surface area contributed by atoms with Gasteiger partial charge in [-0.1, -0.05) is 29.5 Å². The number of anilines is 1. The van der Waals surface area contributed by atoms with Gasteiger partial charge in [-0.2, -0.15) is 0 Å². The van der Waals surface area contributed by atoms with E-state index in [2.05, 4.69) is 17.2 Å². The number of nitrogens with one attached hydrogen (secondary N) is 1. The maximum absolute atomic E-state index is 12.4. The molecule has 3 rings (SSSR count). The van der Waals surface area contributed by atoms with Crippen molar-refractivity contribution in [2.45, 2.75) is 37.3 Å². The van der Waals surface area contributed by atoms with Gasteiger partial charge in [-0.15, -0.1) is 0 Å². The van der Waals surface area contributed by atoms with Crippen molar-refractivity contribution in [1.82, 2.24) is 5.32 Å². The average molecular weight is 369 g/mol. The lowest BCUT2D eigenvalue weighted by Crippen LogP contribution is -2.45. The number of benzene rings is 2. The summed E-state index contributed by atoms with van der Waals surface area (Å²) in [4.78, 5) is 12.4. The van der Waals surface area contributed by atoms with Gasteiger partial charge in [-0.3, -0.25) is 4.79 Å². The summed E-state index contributed by atoms with van der Waals surface area (Å²) in [5.74, 6) is 5.80. The van der Waals surface area contributed by atoms with Crippen LogP contribution in [0.2, 0.25) is 5.02 Å². The van der Waals surface area contributed by atoms with Crippen molar-refractivity contribution in [1.29, 1.82) is 0 Å². The van der Waals surface area contributed by atoms with Gasteiger partial charge in [-0.25, -0.2) is 0 Å². The van der Waals surface area contributed by atoms with Gasteiger partial charge in [0.25, 0.3) is 5.91 Å². The molecule has 0 aliphatic heterocycles. The van der Waals surface area contributed by atoms with Crippen LogP contribution in [0, 0.1) is 11.8 Å². The van der Waals surface area contributed by atoms with Crippen LogP contribution in [0.1, 0.15) is 41.6 Å². The van der Waals surface area contributed by atoms with Gasteiger partial charge in [0, 0.05) is 34.3 Å². The van der Waals surface area contributed by atoms with Crippen molar-refractivity contribution in [2.75, 3.05) is 5.73 Å². The van der Waals surface area contributed by atoms with Crippen molar-refractivity contribution >= 4 is 23.2 Å². The molecule has 0 aromatic heterocycles. The van der Waals surface area contributed by atoms with Gasteiger partial charge < -0.3 is 16.2 Å². The van der Waals surface area contributed by atoms with Crippen molar-refractivity contribution in [3.63, 3.8) is 0 Å². The molecule has 2 aromatic carbocycles. The van der Waals surface area contributed by atoms with E-state index in [9.17, 15) is 9.90 Å². The molecule has 0 heterocycles. The number of nitrogens with two attached hydrogens (primary N) is 1. The van der Waals surface area contributed by atoms with Crippen molar-refractivity contribution in [3.8, 4) is 11.8 Å². The summed E-state index contributed by atoms with van der Waals surface area (Å²) >= 11 is 5.96. The van der Waals surface area contributed by atoms with Crippen LogP contribution < -0.4 is 11.1 Å². The molecule has 1 saturated carbocycles. The number of halogens is 1. The predicted molar refractivity (Wildman–Crippen MR) is 104 cm³/mol. The van der Waals surface area contributed by atoms with Gasteiger partial charge in [-0.05, 0) is 61.7 Å². The minimum Gasteiger partial charge on any atom is -0.399 e. The Morgan fingerprint density at radius 2 is 2.04 bits per heavy atom. The number of aliphatic hydroxyl groups is 1. The molecule has 0 radical (unpaired) electrons. The minimum absolute atomic E-state index is 0.118. The first-order valence-corrected chi connectivity index (χ1v) is 8.99. The number of carbonyl (C=O) groups is 1. The highest BCUT2D eigenvalue weighted by atomic mass is 35.5. The Labute approximate surface area is 158 Å². The van der Waals surface area contributed by atoms with E-state index >= 15 is 0 Å². The first-order valence-electron chi connectivity index (χ1n) is 8.61. The molecule has 4 N–H and O–H groups in total. The van der Waals surface area contributed by atoms with Gasteiger partial charge in [0.2, 0.25) is 0 Å². The fourth-order valence-corrected chi connectivity index (χ4v) is 3.34. The van der Waals surface area contributed by atoms with E-state index in [1.807, 2.05) is 12.1 Å². The smallest absolute Gasteiger partial charge is 0.251 e. The Bertz CT molecular complexity index is 854. The van der Waals surface area contributed by atoms with Crippen molar-refractivity contribution < 1.29 is 9.90 Å². The van der Waals surface area contributed by atoms with E-state index < -0.39 is 5.60 Å². The number of carbonyl (C=O) groups excluding carboxylic acids is 1. The summed E-state index contributed by atoms with van der Waals surface area (Å²) in [6.45, 7) is 0. The standard InChI is InChI=1S/C21H21ClN2O2/c22-17-4-1-3-15(13-17)10-12-21(26)11-2-5-19(14-21)24-20(25)16-6-8-18(23)9-7-16/h1,3-4,6-9,13,19,26H,2,5,11,14,23H2,(H,24,25)/t19-,21?/m0/s1. The molecule has 4 nitrogen and oxygen atoms in total. The number of amides is 1. The highest BCUT2D eigenvalue weighted by Gasteiger charge is 2.33. The molecular weight excluding hydrogens is 348 g/mol. The summed E-state index contributed by atoms with van der Waals surface area (Å²) in [7, 11) is 0. The van der Waals surface area contributed by atoms with Crippen LogP contribution in [-0.4, -0.2) is 22.7 Å². The predicted octanol–water partition coefficient (Wildman–Crippen LogP) is 3.38. The molecule has 0 saturated heterocycles. The van der Waals surface area contributed by atoms with Crippen LogP contribution in [0.15, 0.2) is 48.5 Å². The minimum atomic E-state index is -1.11. The first kappa shape index (κ1) is 18.3. The molecule has 0 bridgehead atoms. The molecule has 1 aliphatic carbocycles. The highest BCUT2D eigenvalue weighted by Crippen LogP contribution is 2.28. The summed E-state index contributed by atoms with van der Waals surface area (Å²) < 4.78 is 0. The Kier molecular flexibility index (Phi) is 5.51. The molecule has 5 heteroatoms. The Balaban J connectivity index is 1.66. The van der Waals surface area contributed by atoms with Gasteiger partial charge in [0.1, 0.15) is 5.60 Å². The summed E-state index contributed by atoms with van der Waals surface area (Å²) in [5, 5.41) is 14.4. The number of hydrogen-bond acceptors (Lipinski definition) is 3. The molecule has 1 aliphatic rings. The Morgan fingerprint density at radius 1 is 1.27 bits per heavy atom. The topological polar surface area (TPSA) is 75.4 Å². The first-order chi connectivity index (χ1) is 12.4. The van der Waals surface area contributed by atoms with Crippen LogP contribution in [0.3, 0.4) is 0 Å². The van der Waals surface area contributed by atoms with Crippen molar-refractivity contribution in [2.24, 2.45) is 0 Å². The molecule has 0 spiro atoms. The maximum Gasteiger partial charge on any atom is 0.251 e. The molecule has 134 valence electrons. The second-order valence-electron chi connectivity index (χ2n) is 6.68. The largest absolute Gasteiger partial charge is 0.399 e. The third kappa shape index (κ3) is 4.78. The Hall–Kier alpha value is -2.48. The second-order valence-corrected chi connectivity index (χ2v) is 7.12. The zero-order chi connectivity index (χ0) is 18.6. The van der Waals surface area contributed by atoms with E-state index in [0.29, 0.717) is 29.1 Å². The quantitative estimate of drug-likeness (QED) is 0.562. The van der Waals surface area contributed by atoms with E-state index in [-0.39, 0.29) is 11.9 Å². The van der Waals surface area contributed by atoms with Crippen LogP contribution in [0.5, 0.6) is 0 Å². The highest BCUT2D eigenvalue weighted by molar-refractivity contribution is 6.30. The van der Waals surface area contributed by atoms with Crippen LogP contribution in [0.4, 0.5) is 5.69 Å². The monoisotopic (exact) mass is 368 g/mol. The number of rotatable bonds is 2. The number of hydrogen-bond donors (Lipinski definition) is 3. The summed E-state index contributed by atoms with van der Waals surface area (Å²) in [5.41, 5.74) is 6.47. The third-order valence-corrected chi connectivity index (χ3v) is 4.73. The van der Waals surface area contributed by atoms with Gasteiger partial charge in [0.05, 0.1) is 0 Å². The second kappa shape index (κ2) is 7.82. The fraction of sp³-hybridized carbons (Fsp3) is 0.286. The molecule has 26 heavy (non-hydrogen) atoms. The van der Waals surface area contributed by atoms with E-state index in [4.69, 9.17) is 17.3 Å². The van der Waals surface area contributed by atoms with Gasteiger partial charge in [0.15, 0.2) is 0 Å². The SMILES string of the molecule is Nc1ccc(C(=O)N[C@H]2CCCC(O)(C#Cc3cccc(Cl)c3)C2)cc1. The summed E-state index contributed by atoms with van der Waals surface area (Å²) in [6, 6.07) is 13.9. The van der Waals surface area contributed by atoms with Crippen molar-refractivity contribution in [3.05, 3.63) is 64.7 Å². The summed E-state index contributed by atoms with van der Waals surface area (Å²) in [6.07, 6.45) is 2.62. The normalized spacial score (nSPS) is 22.2. The van der Waals surface area contributed by atoms with Gasteiger partial charge >= 0.3 is 0 Å². The van der Waals surface area contributed by atoms with Crippen LogP contribution in [-0.2, 0) is 0 Å². The maximum atomic E-state index is 12.4. The molecule has 2 atom stereocenters. The molecule has 2 aromatic rings. The number of nitrogen functional groups attached to an aromatic ring is 1. The average Bonchev–Trinajstić information content (AvgIpc) is 2.61. The van der Waals surface area contributed by atoms with E-state index in [1.54, 1.807) is 36.4 Å². The molecule has 1 fully saturated rings. The fourth-order valence-electron chi connectivity index (χ4n) is 3.15. The van der Waals surface area contributed by atoms with E-state index in [0.717, 1.165) is 18.4 Å². The molecular formula is C21H21ClN2O2. The lowest BCUT2D eigenvalue weighted by molar-refractivity contribution is 0.0452. The van der Waals surface area contributed by atoms with Crippen LogP contribution >= 0.6 is 11.6 Å². The van der Waals surface area contributed by atoms with E-state index in [1.165, 1.54) is 0 Å². The molecule has 1 amide bonds. The lowest BCUT2D eigenvalue weighted by Gasteiger charge is -2.33. The third-order valence-electron chi connectivity index (χ3n) is 4.50.